The minimum atomic E-state index is -0.825. The molecule has 5 heteroatoms. The van der Waals surface area contributed by atoms with Gasteiger partial charge in [0.1, 0.15) is 0 Å². The summed E-state index contributed by atoms with van der Waals surface area (Å²) in [7, 11) is 1.68. The molecule has 1 aromatic rings. The van der Waals surface area contributed by atoms with Gasteiger partial charge in [0.15, 0.2) is 0 Å². The van der Waals surface area contributed by atoms with Gasteiger partial charge in [0.25, 0.3) is 0 Å². The number of aromatic nitrogens is 2. The van der Waals surface area contributed by atoms with Gasteiger partial charge in [0.05, 0.1) is 28.1 Å². The Bertz CT molecular complexity index is 461. The Balaban J connectivity index is 2.30. The fourth-order valence-corrected chi connectivity index (χ4v) is 3.54. The van der Waals surface area contributed by atoms with Crippen LogP contribution in [-0.4, -0.2) is 33.7 Å². The molecule has 1 N–H and O–H groups in total. The Labute approximate surface area is 126 Å². The number of halogens is 1. The third kappa shape index (κ3) is 2.87. The highest BCUT2D eigenvalue weighted by Gasteiger charge is 2.40. The number of hydrogen-bond donors (Lipinski definition) is 1. The van der Waals surface area contributed by atoms with Crippen molar-refractivity contribution in [2.45, 2.75) is 70.6 Å². The van der Waals surface area contributed by atoms with Crippen molar-refractivity contribution in [1.82, 2.24) is 9.78 Å². The molecule has 2 atom stereocenters. The zero-order valence-electron chi connectivity index (χ0n) is 12.7. The normalized spacial score (nSPS) is 26.9. The molecule has 0 radical (unpaired) electrons. The summed E-state index contributed by atoms with van der Waals surface area (Å²) < 4.78 is 7.42. The van der Waals surface area contributed by atoms with Crippen LogP contribution in [0.15, 0.2) is 0 Å². The average Bonchev–Trinajstić information content (AvgIpc) is 2.75. The fraction of sp³-hybridized carbons (Fsp3) is 0.800. The molecule has 20 heavy (non-hydrogen) atoms. The van der Waals surface area contributed by atoms with E-state index in [0.29, 0.717) is 11.4 Å². The summed E-state index contributed by atoms with van der Waals surface area (Å²) in [4.78, 5) is 0. The first-order valence-electron chi connectivity index (χ1n) is 7.55. The second kappa shape index (κ2) is 6.46. The van der Waals surface area contributed by atoms with E-state index >= 15 is 0 Å². The monoisotopic (exact) mass is 300 g/mol. The quantitative estimate of drug-likeness (QED) is 0.909. The van der Waals surface area contributed by atoms with Crippen LogP contribution in [0.3, 0.4) is 0 Å². The minimum Gasteiger partial charge on any atom is -0.387 e. The fourth-order valence-electron chi connectivity index (χ4n) is 3.21. The highest BCUT2D eigenvalue weighted by atomic mass is 35.5. The highest BCUT2D eigenvalue weighted by molar-refractivity contribution is 6.31. The minimum absolute atomic E-state index is 0.113. The molecule has 4 nitrogen and oxygen atoms in total. The number of rotatable bonds is 5. The molecule has 0 aliphatic heterocycles. The van der Waals surface area contributed by atoms with Gasteiger partial charge in [-0.1, -0.05) is 31.4 Å². The zero-order chi connectivity index (χ0) is 14.8. The van der Waals surface area contributed by atoms with Crippen LogP contribution in [0.4, 0.5) is 0 Å². The van der Waals surface area contributed by atoms with Crippen molar-refractivity contribution < 1.29 is 9.84 Å². The molecule has 0 amide bonds. The Hall–Kier alpha value is -0.580. The van der Waals surface area contributed by atoms with E-state index in [4.69, 9.17) is 16.3 Å². The lowest BCUT2D eigenvalue weighted by Crippen LogP contribution is -2.48. The Kier molecular flexibility index (Phi) is 5.10. The predicted molar refractivity (Wildman–Crippen MR) is 80.2 cm³/mol. The second-order valence-corrected chi connectivity index (χ2v) is 6.01. The lowest BCUT2D eigenvalue weighted by molar-refractivity contribution is -0.116. The molecule has 0 aromatic carbocycles. The van der Waals surface area contributed by atoms with Crippen molar-refractivity contribution in [3.05, 3.63) is 16.4 Å². The van der Waals surface area contributed by atoms with Crippen molar-refractivity contribution in [1.29, 1.82) is 0 Å². The largest absolute Gasteiger partial charge is 0.387 e. The van der Waals surface area contributed by atoms with Crippen LogP contribution in [0.2, 0.25) is 5.02 Å². The molecule has 2 rings (SSSR count). The lowest BCUT2D eigenvalue weighted by Gasteiger charge is -2.39. The number of methoxy groups -OCH3 is 1. The maximum atomic E-state index is 11.0. The van der Waals surface area contributed by atoms with Crippen molar-refractivity contribution in [3.63, 3.8) is 0 Å². The van der Waals surface area contributed by atoms with E-state index < -0.39 is 5.60 Å². The van der Waals surface area contributed by atoms with E-state index in [2.05, 4.69) is 5.10 Å². The van der Waals surface area contributed by atoms with E-state index in [1.54, 1.807) is 7.11 Å². The summed E-state index contributed by atoms with van der Waals surface area (Å²) in [6.45, 7) is 4.86. The first-order chi connectivity index (χ1) is 9.55. The van der Waals surface area contributed by atoms with Gasteiger partial charge in [0.2, 0.25) is 0 Å². The number of aliphatic hydroxyl groups is 1. The first kappa shape index (κ1) is 15.8. The summed E-state index contributed by atoms with van der Waals surface area (Å²) in [6, 6.07) is 0. The van der Waals surface area contributed by atoms with E-state index in [0.717, 1.165) is 50.0 Å². The van der Waals surface area contributed by atoms with Gasteiger partial charge < -0.3 is 9.84 Å². The average molecular weight is 301 g/mol. The number of nitrogens with zero attached hydrogens (tertiary/aromatic N) is 2. The van der Waals surface area contributed by atoms with Crippen LogP contribution >= 0.6 is 11.6 Å². The number of aryl methyl sites for hydroxylation is 2. The van der Waals surface area contributed by atoms with Gasteiger partial charge in [0, 0.05) is 20.1 Å². The van der Waals surface area contributed by atoms with Crippen molar-refractivity contribution in [2.75, 3.05) is 7.11 Å². The van der Waals surface area contributed by atoms with Gasteiger partial charge in [-0.25, -0.2) is 0 Å². The van der Waals surface area contributed by atoms with Crippen molar-refractivity contribution in [3.8, 4) is 0 Å². The number of ether oxygens (including phenoxy) is 1. The third-order valence-electron chi connectivity index (χ3n) is 4.38. The van der Waals surface area contributed by atoms with Crippen LogP contribution in [0, 0.1) is 0 Å². The molecular formula is C15H25ClN2O2. The molecular weight excluding hydrogens is 276 g/mol. The zero-order valence-corrected chi connectivity index (χ0v) is 13.4. The van der Waals surface area contributed by atoms with Crippen LogP contribution in [0.5, 0.6) is 0 Å². The summed E-state index contributed by atoms with van der Waals surface area (Å²) in [6.07, 6.45) is 5.04. The Morgan fingerprint density at radius 1 is 1.45 bits per heavy atom. The van der Waals surface area contributed by atoms with Crippen LogP contribution < -0.4 is 0 Å². The van der Waals surface area contributed by atoms with Crippen LogP contribution in [0.1, 0.15) is 50.9 Å². The van der Waals surface area contributed by atoms with Gasteiger partial charge in [-0.3, -0.25) is 4.68 Å². The first-order valence-corrected chi connectivity index (χ1v) is 7.92. The molecule has 2 unspecified atom stereocenters. The molecule has 0 spiro atoms. The summed E-state index contributed by atoms with van der Waals surface area (Å²) >= 11 is 6.45. The molecule has 1 heterocycles. The lowest BCUT2D eigenvalue weighted by atomic mass is 9.79. The summed E-state index contributed by atoms with van der Waals surface area (Å²) in [5.41, 5.74) is 1.03. The van der Waals surface area contributed by atoms with Crippen molar-refractivity contribution >= 4 is 11.6 Å². The van der Waals surface area contributed by atoms with Crippen LogP contribution in [-0.2, 0) is 24.1 Å². The number of hydrogen-bond acceptors (Lipinski definition) is 3. The van der Waals surface area contributed by atoms with E-state index in [-0.39, 0.29) is 6.10 Å². The van der Waals surface area contributed by atoms with Gasteiger partial charge in [-0.2, -0.15) is 5.10 Å². The molecule has 1 aromatic heterocycles. The maximum absolute atomic E-state index is 11.0. The Morgan fingerprint density at radius 2 is 2.20 bits per heavy atom. The smallest absolute Gasteiger partial charge is 0.0963 e. The standard InChI is InChI=1S/C15H25ClN2O2/c1-4-11-14(16)12(18(5-2)17-11)10-15(19)9-7-6-8-13(15)20-3/h13,19H,4-10H2,1-3H3. The van der Waals surface area contributed by atoms with E-state index in [1.807, 2.05) is 18.5 Å². The summed E-state index contributed by atoms with van der Waals surface area (Å²) in [5.74, 6) is 0. The van der Waals surface area contributed by atoms with E-state index in [1.165, 1.54) is 0 Å². The topological polar surface area (TPSA) is 47.3 Å². The SMILES string of the molecule is CCc1nn(CC)c(CC2(O)CCCCC2OC)c1Cl. The molecule has 1 fully saturated rings. The molecule has 114 valence electrons. The molecule has 0 saturated heterocycles. The predicted octanol–water partition coefficient (Wildman–Crippen LogP) is 2.98. The molecule has 1 aliphatic carbocycles. The highest BCUT2D eigenvalue weighted by Crippen LogP contribution is 2.35. The molecule has 0 bridgehead atoms. The molecule has 1 aliphatic rings. The second-order valence-electron chi connectivity index (χ2n) is 5.63. The van der Waals surface area contributed by atoms with Gasteiger partial charge in [-0.15, -0.1) is 0 Å². The Morgan fingerprint density at radius 3 is 2.80 bits per heavy atom. The third-order valence-corrected chi connectivity index (χ3v) is 4.81. The van der Waals surface area contributed by atoms with Crippen molar-refractivity contribution in [2.24, 2.45) is 0 Å². The van der Waals surface area contributed by atoms with Gasteiger partial charge in [-0.05, 0) is 26.2 Å². The van der Waals surface area contributed by atoms with Crippen LogP contribution in [0.25, 0.3) is 0 Å². The summed E-state index contributed by atoms with van der Waals surface area (Å²) in [5, 5.41) is 16.2. The maximum Gasteiger partial charge on any atom is 0.0963 e. The molecule has 1 saturated carbocycles. The van der Waals surface area contributed by atoms with Gasteiger partial charge >= 0.3 is 0 Å². The van der Waals surface area contributed by atoms with E-state index in [9.17, 15) is 5.11 Å².